The fourth-order valence-electron chi connectivity index (χ4n) is 4.18. The highest BCUT2D eigenvalue weighted by Gasteiger charge is 2.15. The van der Waals surface area contributed by atoms with Gasteiger partial charge in [0.15, 0.2) is 0 Å². The van der Waals surface area contributed by atoms with Crippen LogP contribution in [0.25, 0.3) is 55.6 Å². The summed E-state index contributed by atoms with van der Waals surface area (Å²) < 4.78 is 0. The van der Waals surface area contributed by atoms with Gasteiger partial charge in [0.05, 0.1) is 16.9 Å². The number of hydrogen-bond acceptors (Lipinski definition) is 3. The molecule has 148 valence electrons. The molecular formula is C26H19N5. The maximum Gasteiger partial charge on any atom is 0.116 e. The summed E-state index contributed by atoms with van der Waals surface area (Å²) in [6, 6.07) is 22.8. The number of rotatable bonds is 3. The minimum Gasteiger partial charge on any atom is -0.353 e. The van der Waals surface area contributed by atoms with E-state index in [1.54, 1.807) is 0 Å². The van der Waals surface area contributed by atoms with Gasteiger partial charge in [-0.2, -0.15) is 5.10 Å². The molecule has 0 radical (unpaired) electrons. The van der Waals surface area contributed by atoms with Crippen molar-refractivity contribution < 1.29 is 0 Å². The lowest BCUT2D eigenvalue weighted by molar-refractivity contribution is 1.12. The molecule has 0 unspecified atom stereocenters. The van der Waals surface area contributed by atoms with Crippen molar-refractivity contribution in [1.29, 1.82) is 0 Å². The van der Waals surface area contributed by atoms with Crippen LogP contribution in [0.4, 0.5) is 0 Å². The molecule has 0 saturated heterocycles. The molecular weight excluding hydrogens is 382 g/mol. The Morgan fingerprint density at radius 3 is 2.61 bits per heavy atom. The van der Waals surface area contributed by atoms with Crippen LogP contribution < -0.4 is 0 Å². The van der Waals surface area contributed by atoms with E-state index in [2.05, 4.69) is 74.5 Å². The van der Waals surface area contributed by atoms with Crippen molar-refractivity contribution >= 4 is 21.8 Å². The lowest BCUT2D eigenvalue weighted by atomic mass is 10.0. The molecule has 0 atom stereocenters. The summed E-state index contributed by atoms with van der Waals surface area (Å²) in [6.45, 7) is 2.11. The third kappa shape index (κ3) is 2.90. The lowest BCUT2D eigenvalue weighted by Gasteiger charge is -2.05. The zero-order chi connectivity index (χ0) is 20.8. The van der Waals surface area contributed by atoms with Gasteiger partial charge in [-0.15, -0.1) is 0 Å². The van der Waals surface area contributed by atoms with E-state index in [0.717, 1.165) is 55.6 Å². The molecule has 0 fully saturated rings. The number of aryl methyl sites for hydroxylation is 1. The van der Waals surface area contributed by atoms with Crippen molar-refractivity contribution in [3.63, 3.8) is 0 Å². The van der Waals surface area contributed by atoms with Crippen LogP contribution in [0.2, 0.25) is 0 Å². The maximum atomic E-state index is 4.63. The molecule has 5 heteroatoms. The third-order valence-electron chi connectivity index (χ3n) is 5.77. The predicted molar refractivity (Wildman–Crippen MR) is 125 cm³/mol. The molecule has 0 aliphatic carbocycles. The van der Waals surface area contributed by atoms with E-state index < -0.39 is 0 Å². The van der Waals surface area contributed by atoms with E-state index in [0.29, 0.717) is 0 Å². The minimum atomic E-state index is 0.904. The van der Waals surface area contributed by atoms with Gasteiger partial charge in [-0.25, -0.2) is 0 Å². The Morgan fingerprint density at radius 1 is 0.774 bits per heavy atom. The molecule has 0 amide bonds. The first-order valence-corrected chi connectivity index (χ1v) is 10.2. The van der Waals surface area contributed by atoms with Crippen LogP contribution in [-0.4, -0.2) is 25.1 Å². The summed E-state index contributed by atoms with van der Waals surface area (Å²) >= 11 is 0. The normalized spacial score (nSPS) is 11.4. The Labute approximate surface area is 178 Å². The summed E-state index contributed by atoms with van der Waals surface area (Å²) in [6.07, 6.45) is 5.56. The average molecular weight is 401 g/mol. The third-order valence-corrected chi connectivity index (χ3v) is 5.77. The fraction of sp³-hybridized carbons (Fsp3) is 0.0385. The van der Waals surface area contributed by atoms with Crippen LogP contribution >= 0.6 is 0 Å². The Balaban J connectivity index is 1.52. The molecule has 31 heavy (non-hydrogen) atoms. The molecule has 0 aliphatic heterocycles. The summed E-state index contributed by atoms with van der Waals surface area (Å²) in [5.41, 5.74) is 9.47. The molecule has 0 aliphatic rings. The fourth-order valence-corrected chi connectivity index (χ4v) is 4.18. The van der Waals surface area contributed by atoms with Gasteiger partial charge in [-0.3, -0.25) is 15.1 Å². The number of aromatic amines is 2. The number of nitrogens with zero attached hydrogens (tertiary/aromatic N) is 3. The van der Waals surface area contributed by atoms with Gasteiger partial charge in [0.1, 0.15) is 5.69 Å². The van der Waals surface area contributed by atoms with E-state index in [9.17, 15) is 0 Å². The van der Waals surface area contributed by atoms with Gasteiger partial charge in [0, 0.05) is 46.0 Å². The Hall–Kier alpha value is -4.25. The number of pyridine rings is 2. The summed E-state index contributed by atoms with van der Waals surface area (Å²) in [7, 11) is 0. The molecule has 6 aromatic rings. The monoisotopic (exact) mass is 401 g/mol. The van der Waals surface area contributed by atoms with E-state index in [1.165, 1.54) is 5.56 Å². The van der Waals surface area contributed by atoms with E-state index in [4.69, 9.17) is 0 Å². The number of aromatic nitrogens is 5. The van der Waals surface area contributed by atoms with Gasteiger partial charge in [-0.1, -0.05) is 24.3 Å². The van der Waals surface area contributed by atoms with Gasteiger partial charge in [0.2, 0.25) is 0 Å². The van der Waals surface area contributed by atoms with Crippen molar-refractivity contribution in [3.05, 3.63) is 90.9 Å². The number of H-pyrrole nitrogens is 2. The molecule has 2 aromatic carbocycles. The second-order valence-electron chi connectivity index (χ2n) is 7.69. The second kappa shape index (κ2) is 6.92. The number of hydrogen-bond donors (Lipinski definition) is 2. The van der Waals surface area contributed by atoms with Crippen molar-refractivity contribution in [2.24, 2.45) is 0 Å². The lowest BCUT2D eigenvalue weighted by Crippen LogP contribution is -1.85. The Kier molecular flexibility index (Phi) is 3.93. The van der Waals surface area contributed by atoms with Crippen LogP contribution in [0, 0.1) is 6.92 Å². The van der Waals surface area contributed by atoms with Gasteiger partial charge in [0.25, 0.3) is 0 Å². The largest absolute Gasteiger partial charge is 0.353 e. The van der Waals surface area contributed by atoms with Crippen LogP contribution in [0.5, 0.6) is 0 Å². The van der Waals surface area contributed by atoms with E-state index in [-0.39, 0.29) is 0 Å². The second-order valence-corrected chi connectivity index (χ2v) is 7.69. The first kappa shape index (κ1) is 17.6. The molecule has 0 bridgehead atoms. The van der Waals surface area contributed by atoms with E-state index in [1.807, 2.05) is 42.9 Å². The minimum absolute atomic E-state index is 0.904. The van der Waals surface area contributed by atoms with Crippen LogP contribution in [0.1, 0.15) is 5.56 Å². The smallest absolute Gasteiger partial charge is 0.116 e. The molecule has 4 heterocycles. The first-order valence-electron chi connectivity index (χ1n) is 10.2. The molecule has 0 saturated carbocycles. The van der Waals surface area contributed by atoms with Crippen molar-refractivity contribution in [2.75, 3.05) is 0 Å². The van der Waals surface area contributed by atoms with Gasteiger partial charge in [-0.05, 0) is 60.5 Å². The summed E-state index contributed by atoms with van der Waals surface area (Å²) in [4.78, 5) is 12.4. The van der Waals surface area contributed by atoms with Crippen LogP contribution in [0.3, 0.4) is 0 Å². The topological polar surface area (TPSA) is 70.2 Å². The highest BCUT2D eigenvalue weighted by molar-refractivity contribution is 6.01. The zero-order valence-corrected chi connectivity index (χ0v) is 16.9. The average Bonchev–Trinajstić information content (AvgIpc) is 3.43. The standard InChI is InChI=1S/C26H19N5/c1-16-10-12-27-15-21(16)17-8-9-24-20(13-17)26(31-30-24)25-14-19-18(5-4-7-23(19)29-25)22-6-2-3-11-28-22/h2-15,29H,1H3,(H,30,31). The van der Waals surface area contributed by atoms with Crippen molar-refractivity contribution in [1.82, 2.24) is 25.1 Å². The highest BCUT2D eigenvalue weighted by atomic mass is 15.1. The Bertz CT molecular complexity index is 1540. The molecule has 5 nitrogen and oxygen atoms in total. The maximum absolute atomic E-state index is 4.63. The van der Waals surface area contributed by atoms with Crippen LogP contribution in [0.15, 0.2) is 85.3 Å². The van der Waals surface area contributed by atoms with Crippen LogP contribution in [-0.2, 0) is 0 Å². The van der Waals surface area contributed by atoms with E-state index >= 15 is 0 Å². The molecule has 2 N–H and O–H groups in total. The van der Waals surface area contributed by atoms with Crippen molar-refractivity contribution in [3.8, 4) is 33.8 Å². The zero-order valence-electron chi connectivity index (χ0n) is 16.9. The number of fused-ring (bicyclic) bond motifs is 2. The number of nitrogens with one attached hydrogen (secondary N) is 2. The van der Waals surface area contributed by atoms with Gasteiger partial charge >= 0.3 is 0 Å². The summed E-state index contributed by atoms with van der Waals surface area (Å²) in [5, 5.41) is 10.0. The number of benzene rings is 2. The molecule has 6 rings (SSSR count). The predicted octanol–water partition coefficient (Wildman–Crippen LogP) is 6.14. The summed E-state index contributed by atoms with van der Waals surface area (Å²) in [5.74, 6) is 0. The SMILES string of the molecule is Cc1ccncc1-c1ccc2[nH]nc(-c3cc4c(-c5ccccn5)cccc4[nH]3)c2c1. The Morgan fingerprint density at radius 2 is 1.74 bits per heavy atom. The van der Waals surface area contributed by atoms with Crippen molar-refractivity contribution in [2.45, 2.75) is 6.92 Å². The first-order chi connectivity index (χ1) is 15.3. The molecule has 0 spiro atoms. The highest BCUT2D eigenvalue weighted by Crippen LogP contribution is 2.35. The quantitative estimate of drug-likeness (QED) is 0.374. The molecule has 4 aromatic heterocycles. The van der Waals surface area contributed by atoms with Gasteiger partial charge < -0.3 is 4.98 Å².